The second-order valence-corrected chi connectivity index (χ2v) is 4.82. The molecule has 1 unspecified atom stereocenters. The van der Waals surface area contributed by atoms with Crippen LogP contribution < -0.4 is 10.6 Å². The Bertz CT molecular complexity index is 198. The zero-order valence-corrected chi connectivity index (χ0v) is 10.7. The van der Waals surface area contributed by atoms with Gasteiger partial charge in [-0.05, 0) is 26.7 Å². The normalized spacial score (nSPS) is 20.9. The molecule has 1 rings (SSSR count). The van der Waals surface area contributed by atoms with Gasteiger partial charge in [-0.3, -0.25) is 4.79 Å². The molecule has 1 amide bonds. The zero-order valence-electron chi connectivity index (χ0n) is 10.7. The average molecular weight is 226 g/mol. The maximum absolute atomic E-state index is 11.6. The summed E-state index contributed by atoms with van der Waals surface area (Å²) in [5, 5.41) is 6.32. The Labute approximate surface area is 99.4 Å². The topological polar surface area (TPSA) is 41.1 Å². The summed E-state index contributed by atoms with van der Waals surface area (Å²) < 4.78 is 0. The molecular weight excluding hydrogens is 200 g/mol. The van der Waals surface area contributed by atoms with E-state index in [9.17, 15) is 4.79 Å². The van der Waals surface area contributed by atoms with Crippen LogP contribution in [0.25, 0.3) is 0 Å². The first-order valence-corrected chi connectivity index (χ1v) is 6.77. The highest BCUT2D eigenvalue weighted by atomic mass is 16.2. The Morgan fingerprint density at radius 1 is 1.19 bits per heavy atom. The number of carbonyl (C=O) groups is 1. The summed E-state index contributed by atoms with van der Waals surface area (Å²) in [4.78, 5) is 11.6. The van der Waals surface area contributed by atoms with Gasteiger partial charge >= 0.3 is 0 Å². The summed E-state index contributed by atoms with van der Waals surface area (Å²) in [7, 11) is 0. The SMILES string of the molecule is CCNC(=O)C(C)NC1CCCCCCC1. The van der Waals surface area contributed by atoms with Gasteiger partial charge in [-0.1, -0.05) is 32.1 Å². The smallest absolute Gasteiger partial charge is 0.236 e. The number of likely N-dealkylation sites (N-methyl/N-ethyl adjacent to an activating group) is 1. The van der Waals surface area contributed by atoms with Crippen molar-refractivity contribution >= 4 is 5.91 Å². The fraction of sp³-hybridized carbons (Fsp3) is 0.923. The lowest BCUT2D eigenvalue weighted by Crippen LogP contribution is -2.46. The Hall–Kier alpha value is -0.570. The number of rotatable bonds is 4. The Morgan fingerprint density at radius 3 is 2.31 bits per heavy atom. The van der Waals surface area contributed by atoms with Gasteiger partial charge in [0.2, 0.25) is 5.91 Å². The summed E-state index contributed by atoms with van der Waals surface area (Å²) in [6.07, 6.45) is 9.16. The van der Waals surface area contributed by atoms with E-state index in [2.05, 4.69) is 10.6 Å². The molecule has 94 valence electrons. The second kappa shape index (κ2) is 7.66. The molecule has 0 aromatic heterocycles. The van der Waals surface area contributed by atoms with Gasteiger partial charge in [0.25, 0.3) is 0 Å². The lowest BCUT2D eigenvalue weighted by atomic mass is 9.96. The fourth-order valence-electron chi connectivity index (χ4n) is 2.38. The standard InChI is InChI=1S/C13H26N2O/c1-3-14-13(16)11(2)15-12-9-7-5-4-6-8-10-12/h11-12,15H,3-10H2,1-2H3,(H,14,16). The second-order valence-electron chi connectivity index (χ2n) is 4.82. The predicted molar refractivity (Wildman–Crippen MR) is 67.4 cm³/mol. The van der Waals surface area contributed by atoms with Gasteiger partial charge in [0, 0.05) is 12.6 Å². The minimum absolute atomic E-state index is 0.0515. The van der Waals surface area contributed by atoms with Crippen molar-refractivity contribution in [2.75, 3.05) is 6.54 Å². The maximum atomic E-state index is 11.6. The third kappa shape index (κ3) is 4.97. The van der Waals surface area contributed by atoms with E-state index < -0.39 is 0 Å². The summed E-state index contributed by atoms with van der Waals surface area (Å²) >= 11 is 0. The molecule has 0 radical (unpaired) electrons. The van der Waals surface area contributed by atoms with Crippen LogP contribution in [0.5, 0.6) is 0 Å². The Morgan fingerprint density at radius 2 is 1.75 bits per heavy atom. The zero-order chi connectivity index (χ0) is 11.8. The van der Waals surface area contributed by atoms with Crippen molar-refractivity contribution in [3.63, 3.8) is 0 Å². The first kappa shape index (κ1) is 13.5. The van der Waals surface area contributed by atoms with Gasteiger partial charge in [0.05, 0.1) is 6.04 Å². The molecule has 1 fully saturated rings. The molecule has 2 N–H and O–H groups in total. The van der Waals surface area contributed by atoms with Crippen molar-refractivity contribution in [3.05, 3.63) is 0 Å². The van der Waals surface area contributed by atoms with Crippen molar-refractivity contribution in [3.8, 4) is 0 Å². The molecule has 1 atom stereocenters. The van der Waals surface area contributed by atoms with E-state index in [1.165, 1.54) is 44.9 Å². The lowest BCUT2D eigenvalue weighted by molar-refractivity contribution is -0.122. The van der Waals surface area contributed by atoms with Crippen molar-refractivity contribution in [1.29, 1.82) is 0 Å². The fourth-order valence-corrected chi connectivity index (χ4v) is 2.38. The van der Waals surface area contributed by atoms with E-state index in [0.29, 0.717) is 6.04 Å². The van der Waals surface area contributed by atoms with Crippen molar-refractivity contribution in [1.82, 2.24) is 10.6 Å². The van der Waals surface area contributed by atoms with E-state index in [1.54, 1.807) is 0 Å². The Kier molecular flexibility index (Phi) is 6.46. The number of carbonyl (C=O) groups excluding carboxylic acids is 1. The molecule has 0 aliphatic heterocycles. The molecule has 0 bridgehead atoms. The van der Waals surface area contributed by atoms with E-state index in [4.69, 9.17) is 0 Å². The van der Waals surface area contributed by atoms with Crippen molar-refractivity contribution in [2.24, 2.45) is 0 Å². The van der Waals surface area contributed by atoms with Gasteiger partial charge < -0.3 is 10.6 Å². The van der Waals surface area contributed by atoms with Crippen LogP contribution >= 0.6 is 0 Å². The van der Waals surface area contributed by atoms with Crippen LogP contribution in [-0.4, -0.2) is 24.5 Å². The van der Waals surface area contributed by atoms with Gasteiger partial charge in [0.15, 0.2) is 0 Å². The van der Waals surface area contributed by atoms with E-state index in [-0.39, 0.29) is 11.9 Å². The molecule has 1 aliphatic rings. The van der Waals surface area contributed by atoms with Crippen LogP contribution in [0.1, 0.15) is 58.8 Å². The predicted octanol–water partition coefficient (Wildman–Crippen LogP) is 2.21. The minimum atomic E-state index is -0.0515. The highest BCUT2D eigenvalue weighted by Gasteiger charge is 2.17. The number of amides is 1. The number of hydrogen-bond acceptors (Lipinski definition) is 2. The lowest BCUT2D eigenvalue weighted by Gasteiger charge is -2.24. The van der Waals surface area contributed by atoms with Gasteiger partial charge in [-0.15, -0.1) is 0 Å². The van der Waals surface area contributed by atoms with Gasteiger partial charge in [-0.2, -0.15) is 0 Å². The average Bonchev–Trinajstić information content (AvgIpc) is 2.22. The van der Waals surface area contributed by atoms with Crippen LogP contribution in [0.4, 0.5) is 0 Å². The van der Waals surface area contributed by atoms with Crippen molar-refractivity contribution in [2.45, 2.75) is 70.9 Å². The molecule has 0 heterocycles. The highest BCUT2D eigenvalue weighted by molar-refractivity contribution is 5.81. The molecule has 0 saturated heterocycles. The maximum Gasteiger partial charge on any atom is 0.236 e. The Balaban J connectivity index is 2.29. The summed E-state index contributed by atoms with van der Waals surface area (Å²) in [5.41, 5.74) is 0. The molecule has 0 aromatic rings. The van der Waals surface area contributed by atoms with E-state index >= 15 is 0 Å². The number of hydrogen-bond donors (Lipinski definition) is 2. The first-order chi connectivity index (χ1) is 7.74. The van der Waals surface area contributed by atoms with Gasteiger partial charge in [-0.25, -0.2) is 0 Å². The van der Waals surface area contributed by atoms with E-state index in [1.807, 2.05) is 13.8 Å². The third-order valence-electron chi connectivity index (χ3n) is 3.34. The monoisotopic (exact) mass is 226 g/mol. The molecular formula is C13H26N2O. The van der Waals surface area contributed by atoms with Crippen LogP contribution in [-0.2, 0) is 4.79 Å². The summed E-state index contributed by atoms with van der Waals surface area (Å²) in [6.45, 7) is 4.64. The summed E-state index contributed by atoms with van der Waals surface area (Å²) in [6, 6.07) is 0.488. The molecule has 1 saturated carbocycles. The highest BCUT2D eigenvalue weighted by Crippen LogP contribution is 2.17. The van der Waals surface area contributed by atoms with Crippen molar-refractivity contribution < 1.29 is 4.79 Å². The van der Waals surface area contributed by atoms with Crippen LogP contribution in [0.15, 0.2) is 0 Å². The minimum Gasteiger partial charge on any atom is -0.355 e. The molecule has 3 nitrogen and oxygen atoms in total. The molecule has 1 aliphatic carbocycles. The molecule has 0 spiro atoms. The number of nitrogens with one attached hydrogen (secondary N) is 2. The van der Waals surface area contributed by atoms with E-state index in [0.717, 1.165) is 6.54 Å². The largest absolute Gasteiger partial charge is 0.355 e. The summed E-state index contributed by atoms with van der Waals surface area (Å²) in [5.74, 6) is 0.129. The molecule has 16 heavy (non-hydrogen) atoms. The van der Waals surface area contributed by atoms with Crippen LogP contribution in [0.2, 0.25) is 0 Å². The van der Waals surface area contributed by atoms with Crippen LogP contribution in [0, 0.1) is 0 Å². The van der Waals surface area contributed by atoms with Crippen LogP contribution in [0.3, 0.4) is 0 Å². The first-order valence-electron chi connectivity index (χ1n) is 6.77. The molecule has 0 aromatic carbocycles. The van der Waals surface area contributed by atoms with Gasteiger partial charge in [0.1, 0.15) is 0 Å². The quantitative estimate of drug-likeness (QED) is 0.771. The third-order valence-corrected chi connectivity index (χ3v) is 3.34. The molecule has 3 heteroatoms.